The fraction of sp³-hybridized carbons (Fsp3) is 0.500. The molecule has 1 rings (SSSR count). The molecule has 0 unspecified atom stereocenters. The molecule has 0 fully saturated rings. The zero-order chi connectivity index (χ0) is 15.7. The first-order chi connectivity index (χ1) is 10.0. The highest BCUT2D eigenvalue weighted by molar-refractivity contribution is 5.92. The Labute approximate surface area is 126 Å². The fourth-order valence-electron chi connectivity index (χ4n) is 2.21. The smallest absolute Gasteiger partial charge is 0.238 e. The standard InChI is InChI=1S/C16H25N3O2/c1-3-9-19(10-4-2)12-16(21)18-14-7-5-13(6-8-14)11-15(17)20/h5-8H,3-4,9-12H2,1-2H3,(H2,17,20)(H,18,21). The van der Waals surface area contributed by atoms with Crippen molar-refractivity contribution in [2.75, 3.05) is 25.0 Å². The SMILES string of the molecule is CCCN(CCC)CC(=O)Nc1ccc(CC(N)=O)cc1. The summed E-state index contributed by atoms with van der Waals surface area (Å²) in [6.45, 7) is 6.48. The van der Waals surface area contributed by atoms with Crippen molar-refractivity contribution >= 4 is 17.5 Å². The number of primary amides is 1. The topological polar surface area (TPSA) is 75.4 Å². The van der Waals surface area contributed by atoms with Crippen molar-refractivity contribution in [3.8, 4) is 0 Å². The van der Waals surface area contributed by atoms with Crippen molar-refractivity contribution < 1.29 is 9.59 Å². The van der Waals surface area contributed by atoms with Gasteiger partial charge in [-0.2, -0.15) is 0 Å². The van der Waals surface area contributed by atoms with Crippen LogP contribution in [-0.2, 0) is 16.0 Å². The van der Waals surface area contributed by atoms with Gasteiger partial charge in [0.1, 0.15) is 0 Å². The monoisotopic (exact) mass is 291 g/mol. The van der Waals surface area contributed by atoms with Gasteiger partial charge in [0, 0.05) is 5.69 Å². The summed E-state index contributed by atoms with van der Waals surface area (Å²) in [7, 11) is 0. The van der Waals surface area contributed by atoms with E-state index in [2.05, 4.69) is 24.1 Å². The Kier molecular flexibility index (Phi) is 7.46. The molecule has 2 amide bonds. The van der Waals surface area contributed by atoms with E-state index in [4.69, 9.17) is 5.73 Å². The minimum atomic E-state index is -0.360. The van der Waals surface area contributed by atoms with Crippen LogP contribution in [0.15, 0.2) is 24.3 Å². The van der Waals surface area contributed by atoms with Crippen molar-refractivity contribution in [2.45, 2.75) is 33.1 Å². The Hall–Kier alpha value is -1.88. The highest BCUT2D eigenvalue weighted by atomic mass is 16.2. The molecule has 1 aromatic rings. The van der Waals surface area contributed by atoms with Crippen LogP contribution < -0.4 is 11.1 Å². The summed E-state index contributed by atoms with van der Waals surface area (Å²) in [5.74, 6) is -0.374. The number of carbonyl (C=O) groups excluding carboxylic acids is 2. The summed E-state index contributed by atoms with van der Waals surface area (Å²) in [5.41, 5.74) is 6.72. The molecule has 0 aliphatic carbocycles. The van der Waals surface area contributed by atoms with E-state index in [0.717, 1.165) is 37.2 Å². The number of amides is 2. The van der Waals surface area contributed by atoms with Crippen LogP contribution in [0.1, 0.15) is 32.3 Å². The van der Waals surface area contributed by atoms with Gasteiger partial charge in [0.25, 0.3) is 0 Å². The minimum absolute atomic E-state index is 0.0143. The van der Waals surface area contributed by atoms with Gasteiger partial charge in [-0.1, -0.05) is 26.0 Å². The molecule has 21 heavy (non-hydrogen) atoms. The lowest BCUT2D eigenvalue weighted by Gasteiger charge is -2.20. The lowest BCUT2D eigenvalue weighted by atomic mass is 10.1. The van der Waals surface area contributed by atoms with Crippen molar-refractivity contribution in [3.63, 3.8) is 0 Å². The van der Waals surface area contributed by atoms with E-state index < -0.39 is 0 Å². The number of hydrogen-bond acceptors (Lipinski definition) is 3. The van der Waals surface area contributed by atoms with Crippen LogP contribution in [0.5, 0.6) is 0 Å². The molecule has 0 aromatic heterocycles. The Morgan fingerprint density at radius 2 is 1.67 bits per heavy atom. The maximum absolute atomic E-state index is 12.0. The number of benzene rings is 1. The molecule has 0 aliphatic heterocycles. The molecule has 0 saturated carbocycles. The molecule has 0 aliphatic rings. The third-order valence-electron chi connectivity index (χ3n) is 3.06. The van der Waals surface area contributed by atoms with E-state index in [1.54, 1.807) is 24.3 Å². The highest BCUT2D eigenvalue weighted by Crippen LogP contribution is 2.10. The summed E-state index contributed by atoms with van der Waals surface area (Å²) in [6, 6.07) is 7.19. The summed E-state index contributed by atoms with van der Waals surface area (Å²) < 4.78 is 0. The first-order valence-electron chi connectivity index (χ1n) is 7.44. The summed E-state index contributed by atoms with van der Waals surface area (Å²) in [5, 5.41) is 2.87. The second-order valence-electron chi connectivity index (χ2n) is 5.16. The van der Waals surface area contributed by atoms with Crippen LogP contribution in [0.25, 0.3) is 0 Å². The van der Waals surface area contributed by atoms with Gasteiger partial charge in [0.2, 0.25) is 11.8 Å². The Balaban J connectivity index is 2.51. The minimum Gasteiger partial charge on any atom is -0.369 e. The predicted molar refractivity (Wildman–Crippen MR) is 85.0 cm³/mol. The number of anilines is 1. The third kappa shape index (κ3) is 6.90. The first kappa shape index (κ1) is 17.2. The van der Waals surface area contributed by atoms with E-state index in [0.29, 0.717) is 6.54 Å². The second-order valence-corrected chi connectivity index (χ2v) is 5.16. The van der Waals surface area contributed by atoms with Crippen molar-refractivity contribution in [3.05, 3.63) is 29.8 Å². The molecule has 5 heteroatoms. The Bertz CT molecular complexity index is 451. The van der Waals surface area contributed by atoms with Gasteiger partial charge in [-0.25, -0.2) is 0 Å². The van der Waals surface area contributed by atoms with Crippen LogP contribution in [0.3, 0.4) is 0 Å². The van der Waals surface area contributed by atoms with Gasteiger partial charge < -0.3 is 11.1 Å². The summed E-state index contributed by atoms with van der Waals surface area (Å²) in [4.78, 5) is 25.0. The molecule has 0 atom stereocenters. The molecule has 1 aromatic carbocycles. The van der Waals surface area contributed by atoms with Crippen LogP contribution in [-0.4, -0.2) is 36.3 Å². The van der Waals surface area contributed by atoms with Gasteiger partial charge in [0.15, 0.2) is 0 Å². The number of nitrogens with zero attached hydrogens (tertiary/aromatic N) is 1. The molecule has 0 radical (unpaired) electrons. The lowest BCUT2D eigenvalue weighted by molar-refractivity contribution is -0.118. The molecule has 3 N–H and O–H groups in total. The fourth-order valence-corrected chi connectivity index (χ4v) is 2.21. The van der Waals surface area contributed by atoms with E-state index in [9.17, 15) is 9.59 Å². The van der Waals surface area contributed by atoms with Gasteiger partial charge in [-0.05, 0) is 43.6 Å². The van der Waals surface area contributed by atoms with E-state index in [1.165, 1.54) is 0 Å². The van der Waals surface area contributed by atoms with Gasteiger partial charge in [-0.3, -0.25) is 14.5 Å². The van der Waals surface area contributed by atoms with Gasteiger partial charge in [0.05, 0.1) is 13.0 Å². The highest BCUT2D eigenvalue weighted by Gasteiger charge is 2.09. The Morgan fingerprint density at radius 1 is 1.10 bits per heavy atom. The quantitative estimate of drug-likeness (QED) is 0.728. The third-order valence-corrected chi connectivity index (χ3v) is 3.06. The average molecular weight is 291 g/mol. The molecular weight excluding hydrogens is 266 g/mol. The van der Waals surface area contributed by atoms with Crippen molar-refractivity contribution in [1.29, 1.82) is 0 Å². The van der Waals surface area contributed by atoms with Crippen molar-refractivity contribution in [2.24, 2.45) is 5.73 Å². The Morgan fingerprint density at radius 3 is 2.14 bits per heavy atom. The summed E-state index contributed by atoms with van der Waals surface area (Å²) >= 11 is 0. The molecule has 0 bridgehead atoms. The van der Waals surface area contributed by atoms with Crippen LogP contribution in [0.2, 0.25) is 0 Å². The molecular formula is C16H25N3O2. The number of carbonyl (C=O) groups is 2. The number of nitrogens with two attached hydrogens (primary N) is 1. The molecule has 5 nitrogen and oxygen atoms in total. The van der Waals surface area contributed by atoms with Crippen molar-refractivity contribution in [1.82, 2.24) is 4.90 Å². The van der Waals surface area contributed by atoms with Crippen LogP contribution in [0, 0.1) is 0 Å². The maximum Gasteiger partial charge on any atom is 0.238 e. The number of rotatable bonds is 9. The number of nitrogens with one attached hydrogen (secondary N) is 1. The zero-order valence-electron chi connectivity index (χ0n) is 12.9. The predicted octanol–water partition coefficient (Wildman–Crippen LogP) is 1.77. The molecule has 0 heterocycles. The zero-order valence-corrected chi connectivity index (χ0v) is 12.9. The van der Waals surface area contributed by atoms with E-state index in [-0.39, 0.29) is 18.2 Å². The second kappa shape index (κ2) is 9.13. The molecule has 0 saturated heterocycles. The van der Waals surface area contributed by atoms with Crippen LogP contribution in [0.4, 0.5) is 5.69 Å². The van der Waals surface area contributed by atoms with E-state index >= 15 is 0 Å². The maximum atomic E-state index is 12.0. The lowest BCUT2D eigenvalue weighted by Crippen LogP contribution is -2.34. The number of hydrogen-bond donors (Lipinski definition) is 2. The molecule has 116 valence electrons. The van der Waals surface area contributed by atoms with E-state index in [1.807, 2.05) is 0 Å². The van der Waals surface area contributed by atoms with Gasteiger partial charge in [-0.15, -0.1) is 0 Å². The first-order valence-corrected chi connectivity index (χ1v) is 7.44. The normalized spacial score (nSPS) is 10.6. The van der Waals surface area contributed by atoms with Gasteiger partial charge >= 0.3 is 0 Å². The largest absolute Gasteiger partial charge is 0.369 e. The molecule has 0 spiro atoms. The summed E-state index contributed by atoms with van der Waals surface area (Å²) in [6.07, 6.45) is 2.29. The average Bonchev–Trinajstić information content (AvgIpc) is 2.41. The van der Waals surface area contributed by atoms with Crippen LogP contribution >= 0.6 is 0 Å².